The number of carbonyl (C=O) groups is 1. The molecule has 0 spiro atoms. The van der Waals surface area contributed by atoms with E-state index in [1.54, 1.807) is 23.1 Å². The molecule has 11 heteroatoms. The van der Waals surface area contributed by atoms with Crippen LogP contribution in [0.25, 0.3) is 22.8 Å². The van der Waals surface area contributed by atoms with Crippen LogP contribution in [0.4, 0.5) is 4.39 Å². The number of aromatic amines is 1. The number of nitrogens with zero attached hydrogens (tertiary/aromatic N) is 4. The number of fused-ring (bicyclic) bond motifs is 1. The Labute approximate surface area is 222 Å². The van der Waals surface area contributed by atoms with Gasteiger partial charge in [0.1, 0.15) is 23.4 Å². The van der Waals surface area contributed by atoms with Crippen molar-refractivity contribution in [2.45, 2.75) is 13.0 Å². The zero-order valence-corrected chi connectivity index (χ0v) is 21.3. The lowest BCUT2D eigenvalue weighted by Crippen LogP contribution is -2.41. The average Bonchev–Trinajstić information content (AvgIpc) is 3.30. The first-order chi connectivity index (χ1) is 17.9. The fourth-order valence-corrected chi connectivity index (χ4v) is 4.74. The number of H-pyrrole nitrogens is 1. The average molecular weight is 542 g/mol. The van der Waals surface area contributed by atoms with E-state index in [2.05, 4.69) is 20.2 Å². The van der Waals surface area contributed by atoms with Gasteiger partial charge in [0.15, 0.2) is 0 Å². The number of carbonyl (C=O) groups excluding carboxylic acids is 1. The summed E-state index contributed by atoms with van der Waals surface area (Å²) in [6.07, 6.45) is 5.24. The summed E-state index contributed by atoms with van der Waals surface area (Å²) in [4.78, 5) is 22.4. The third kappa shape index (κ3) is 5.44. The van der Waals surface area contributed by atoms with E-state index in [1.807, 2.05) is 6.92 Å². The van der Waals surface area contributed by atoms with Gasteiger partial charge in [-0.25, -0.2) is 4.39 Å². The van der Waals surface area contributed by atoms with E-state index in [-0.39, 0.29) is 17.2 Å². The monoisotopic (exact) mass is 541 g/mol. The van der Waals surface area contributed by atoms with Crippen molar-refractivity contribution in [3.63, 3.8) is 0 Å². The molecule has 4 aromatic rings. The molecular weight excluding hydrogens is 520 g/mol. The van der Waals surface area contributed by atoms with Gasteiger partial charge in [0.05, 0.1) is 34.5 Å². The maximum absolute atomic E-state index is 15.1. The molecule has 3 aromatic heterocycles. The van der Waals surface area contributed by atoms with Gasteiger partial charge in [-0.3, -0.25) is 19.9 Å². The van der Waals surface area contributed by atoms with Gasteiger partial charge in [0.2, 0.25) is 0 Å². The SMILES string of the molecule is C[C@@H](Oc1ccc2n[nH]c(/C=C(\F)c3ccc(C(=O)N4CCOCC4)nc3)c2c1)c1c(Cl)cncc1Cl. The van der Waals surface area contributed by atoms with Crippen LogP contribution in [0.3, 0.4) is 0 Å². The number of rotatable bonds is 6. The third-order valence-corrected chi connectivity index (χ3v) is 6.59. The molecule has 5 rings (SSSR count). The van der Waals surface area contributed by atoms with Crippen molar-refractivity contribution >= 4 is 51.9 Å². The molecule has 0 unspecified atom stereocenters. The van der Waals surface area contributed by atoms with Crippen LogP contribution in [0.2, 0.25) is 10.0 Å². The first-order valence-electron chi connectivity index (χ1n) is 11.5. The normalized spacial score (nSPS) is 15.1. The molecule has 1 saturated heterocycles. The van der Waals surface area contributed by atoms with E-state index in [1.165, 1.54) is 36.8 Å². The van der Waals surface area contributed by atoms with E-state index in [0.29, 0.717) is 64.3 Å². The molecule has 1 aliphatic rings. The highest BCUT2D eigenvalue weighted by Crippen LogP contribution is 2.34. The summed E-state index contributed by atoms with van der Waals surface area (Å²) >= 11 is 12.5. The number of hydrogen-bond acceptors (Lipinski definition) is 6. The summed E-state index contributed by atoms with van der Waals surface area (Å²) in [5, 5.41) is 8.57. The number of amides is 1. The largest absolute Gasteiger partial charge is 0.486 e. The van der Waals surface area contributed by atoms with E-state index < -0.39 is 11.9 Å². The second-order valence-corrected chi connectivity index (χ2v) is 9.24. The molecule has 1 N–H and O–H groups in total. The van der Waals surface area contributed by atoms with Crippen LogP contribution < -0.4 is 4.74 Å². The first-order valence-corrected chi connectivity index (χ1v) is 12.3. The van der Waals surface area contributed by atoms with Crippen LogP contribution in [0.1, 0.15) is 40.3 Å². The molecule has 0 saturated carbocycles. The summed E-state index contributed by atoms with van der Waals surface area (Å²) in [5.41, 5.74) is 2.22. The van der Waals surface area contributed by atoms with Gasteiger partial charge in [-0.2, -0.15) is 5.10 Å². The van der Waals surface area contributed by atoms with E-state index in [9.17, 15) is 4.79 Å². The smallest absolute Gasteiger partial charge is 0.272 e. The van der Waals surface area contributed by atoms with Gasteiger partial charge in [-0.05, 0) is 37.3 Å². The van der Waals surface area contributed by atoms with Gasteiger partial charge in [-0.15, -0.1) is 0 Å². The highest BCUT2D eigenvalue weighted by Gasteiger charge is 2.20. The molecule has 1 amide bonds. The Morgan fingerprint density at radius 2 is 1.92 bits per heavy atom. The molecule has 0 aliphatic carbocycles. The molecule has 0 radical (unpaired) electrons. The summed E-state index contributed by atoms with van der Waals surface area (Å²) in [7, 11) is 0. The molecule has 0 bridgehead atoms. The van der Waals surface area contributed by atoms with Crippen LogP contribution >= 0.6 is 23.2 Å². The highest BCUT2D eigenvalue weighted by molar-refractivity contribution is 6.35. The Morgan fingerprint density at radius 1 is 1.16 bits per heavy atom. The van der Waals surface area contributed by atoms with E-state index in [0.717, 1.165) is 0 Å². The minimum Gasteiger partial charge on any atom is -0.486 e. The Hall–Kier alpha value is -3.53. The summed E-state index contributed by atoms with van der Waals surface area (Å²) in [6.45, 7) is 3.84. The maximum Gasteiger partial charge on any atom is 0.272 e. The summed E-state index contributed by atoms with van der Waals surface area (Å²) < 4.78 is 26.5. The van der Waals surface area contributed by atoms with Crippen molar-refractivity contribution < 1.29 is 18.7 Å². The van der Waals surface area contributed by atoms with Crippen LogP contribution in [0, 0.1) is 0 Å². The second-order valence-electron chi connectivity index (χ2n) is 8.42. The van der Waals surface area contributed by atoms with Gasteiger partial charge in [0.25, 0.3) is 5.91 Å². The Bertz CT molecular complexity index is 1450. The Kier molecular flexibility index (Phi) is 7.36. The number of halogens is 3. The van der Waals surface area contributed by atoms with Gasteiger partial charge in [-0.1, -0.05) is 23.2 Å². The lowest BCUT2D eigenvalue weighted by atomic mass is 10.1. The number of nitrogens with one attached hydrogen (secondary N) is 1. The van der Waals surface area contributed by atoms with Crippen LogP contribution in [-0.4, -0.2) is 57.3 Å². The minimum atomic E-state index is -0.529. The lowest BCUT2D eigenvalue weighted by molar-refractivity contribution is 0.0299. The van der Waals surface area contributed by atoms with Crippen molar-refractivity contribution in [3.05, 3.63) is 81.5 Å². The van der Waals surface area contributed by atoms with Crippen LogP contribution in [0.15, 0.2) is 48.9 Å². The third-order valence-electron chi connectivity index (χ3n) is 5.99. The van der Waals surface area contributed by atoms with Crippen LogP contribution in [0.5, 0.6) is 5.75 Å². The molecule has 1 aliphatic heterocycles. The molecule has 190 valence electrons. The van der Waals surface area contributed by atoms with E-state index in [4.69, 9.17) is 32.7 Å². The highest BCUT2D eigenvalue weighted by atomic mass is 35.5. The minimum absolute atomic E-state index is 0.199. The fourth-order valence-electron chi connectivity index (χ4n) is 4.07. The molecule has 8 nitrogen and oxygen atoms in total. The number of morpholine rings is 1. The predicted octanol–water partition coefficient (Wildman–Crippen LogP) is 5.74. The molecule has 1 fully saturated rings. The maximum atomic E-state index is 15.1. The van der Waals surface area contributed by atoms with Gasteiger partial charge >= 0.3 is 0 Å². The number of ether oxygens (including phenoxy) is 2. The zero-order valence-electron chi connectivity index (χ0n) is 19.7. The van der Waals surface area contributed by atoms with Crippen molar-refractivity contribution in [2.75, 3.05) is 26.3 Å². The Balaban J connectivity index is 1.35. The van der Waals surface area contributed by atoms with Gasteiger partial charge < -0.3 is 14.4 Å². The quantitative estimate of drug-likeness (QED) is 0.334. The predicted molar refractivity (Wildman–Crippen MR) is 139 cm³/mol. The number of pyridine rings is 2. The van der Waals surface area contributed by atoms with Crippen molar-refractivity contribution in [1.29, 1.82) is 0 Å². The number of hydrogen-bond donors (Lipinski definition) is 1. The topological polar surface area (TPSA) is 93.2 Å². The molecular formula is C26H22Cl2FN5O3. The fraction of sp³-hybridized carbons (Fsp3) is 0.231. The van der Waals surface area contributed by atoms with E-state index >= 15 is 4.39 Å². The number of aromatic nitrogens is 4. The van der Waals surface area contributed by atoms with Crippen molar-refractivity contribution in [3.8, 4) is 5.75 Å². The zero-order chi connectivity index (χ0) is 25.9. The Morgan fingerprint density at radius 3 is 2.62 bits per heavy atom. The van der Waals surface area contributed by atoms with Crippen molar-refractivity contribution in [1.82, 2.24) is 25.1 Å². The lowest BCUT2D eigenvalue weighted by Gasteiger charge is -2.26. The number of benzene rings is 1. The molecule has 1 atom stereocenters. The standard InChI is InChI=1S/C26H22Cl2FN5O3/c1-15(25-19(27)13-30-14-20(25)28)37-17-3-5-22-18(10-17)24(33-32-22)11-21(29)16-2-4-23(31-12-16)26(35)34-6-8-36-9-7-34/h2-5,10-15H,6-9H2,1H3,(H,32,33)/b21-11-/t15-/m1/s1. The molecule has 1 aromatic carbocycles. The summed E-state index contributed by atoms with van der Waals surface area (Å²) in [5.74, 6) is -0.193. The van der Waals surface area contributed by atoms with Crippen LogP contribution in [-0.2, 0) is 4.74 Å². The summed E-state index contributed by atoms with van der Waals surface area (Å²) in [6, 6.07) is 8.35. The van der Waals surface area contributed by atoms with Gasteiger partial charge in [0, 0.05) is 54.3 Å². The first kappa shape index (κ1) is 25.1. The molecule has 4 heterocycles. The second kappa shape index (κ2) is 10.8. The molecule has 37 heavy (non-hydrogen) atoms. The van der Waals surface area contributed by atoms with Crippen molar-refractivity contribution in [2.24, 2.45) is 0 Å².